The van der Waals surface area contributed by atoms with Crippen LogP contribution in [-0.4, -0.2) is 24.0 Å². The fraction of sp³-hybridized carbons (Fsp3) is 0.133. The van der Waals surface area contributed by atoms with Gasteiger partial charge in [-0.15, -0.1) is 11.3 Å². The lowest BCUT2D eigenvalue weighted by Gasteiger charge is -2.02. The summed E-state index contributed by atoms with van der Waals surface area (Å²) in [4.78, 5) is 20.4. The zero-order chi connectivity index (χ0) is 14.8. The molecule has 0 unspecified atom stereocenters. The molecule has 0 N–H and O–H groups in total. The number of hydrogen-bond donors (Lipinski definition) is 0. The highest BCUT2D eigenvalue weighted by Gasteiger charge is 2.24. The van der Waals surface area contributed by atoms with Gasteiger partial charge in [0.25, 0.3) is 0 Å². The summed E-state index contributed by atoms with van der Waals surface area (Å²) in [6, 6.07) is 7.21. The second kappa shape index (κ2) is 5.49. The van der Waals surface area contributed by atoms with Gasteiger partial charge in [-0.25, -0.2) is 14.8 Å². The molecule has 0 aliphatic carbocycles. The van der Waals surface area contributed by atoms with E-state index < -0.39 is 5.97 Å². The van der Waals surface area contributed by atoms with E-state index in [0.29, 0.717) is 17.0 Å². The Morgan fingerprint density at radius 3 is 2.95 bits per heavy atom. The largest absolute Gasteiger partial charge is 0.497 e. The fourth-order valence-corrected chi connectivity index (χ4v) is 2.45. The van der Waals surface area contributed by atoms with Crippen LogP contribution in [0.1, 0.15) is 16.3 Å². The Balaban J connectivity index is 1.93. The molecular weight excluding hydrogens is 288 g/mol. The molecule has 0 atom stereocenters. The van der Waals surface area contributed by atoms with Crippen molar-refractivity contribution < 1.29 is 14.3 Å². The Bertz CT molecular complexity index is 762. The van der Waals surface area contributed by atoms with Gasteiger partial charge in [-0.3, -0.25) is 0 Å². The summed E-state index contributed by atoms with van der Waals surface area (Å²) < 4.78 is 10.3. The van der Waals surface area contributed by atoms with Crippen LogP contribution in [0.4, 0.5) is 0 Å². The van der Waals surface area contributed by atoms with Gasteiger partial charge in [-0.2, -0.15) is 0 Å². The molecule has 0 saturated heterocycles. The van der Waals surface area contributed by atoms with Crippen molar-refractivity contribution in [1.29, 1.82) is 0 Å². The van der Waals surface area contributed by atoms with E-state index >= 15 is 0 Å². The molecule has 0 amide bonds. The Morgan fingerprint density at radius 2 is 2.24 bits per heavy atom. The van der Waals surface area contributed by atoms with E-state index in [1.807, 2.05) is 30.5 Å². The molecule has 5 nitrogen and oxygen atoms in total. The Hall–Kier alpha value is -2.47. The van der Waals surface area contributed by atoms with Crippen molar-refractivity contribution in [3.63, 3.8) is 0 Å². The van der Waals surface area contributed by atoms with Gasteiger partial charge >= 0.3 is 5.97 Å². The number of rotatable bonds is 3. The monoisotopic (exact) mass is 300 g/mol. The summed E-state index contributed by atoms with van der Waals surface area (Å²) in [6.07, 6.45) is 1.62. The number of hydrogen-bond acceptors (Lipinski definition) is 6. The summed E-state index contributed by atoms with van der Waals surface area (Å²) >= 11 is 1.52. The van der Waals surface area contributed by atoms with Gasteiger partial charge in [0.1, 0.15) is 5.75 Å². The van der Waals surface area contributed by atoms with Crippen molar-refractivity contribution >= 4 is 29.3 Å². The number of aryl methyl sites for hydroxylation is 1. The number of carbonyl (C=O) groups excluding carboxylic acids is 1. The molecule has 0 fully saturated rings. The molecule has 6 heteroatoms. The van der Waals surface area contributed by atoms with Crippen LogP contribution in [0.15, 0.2) is 40.3 Å². The zero-order valence-corrected chi connectivity index (χ0v) is 12.3. The predicted molar refractivity (Wildman–Crippen MR) is 80.5 cm³/mol. The van der Waals surface area contributed by atoms with E-state index in [1.165, 1.54) is 11.3 Å². The van der Waals surface area contributed by atoms with Crippen molar-refractivity contribution in [2.45, 2.75) is 6.92 Å². The number of esters is 1. The number of aromatic nitrogens is 1. The maximum atomic E-state index is 11.9. The lowest BCUT2D eigenvalue weighted by molar-refractivity contribution is -0.129. The first-order valence-corrected chi connectivity index (χ1v) is 7.13. The standard InChI is InChI=1S/C15H12N2O3S/c1-9-16-11(8-21-9)7-13-15(18)20-14(17-13)10-4-3-5-12(6-10)19-2/h3-8H,1-2H3/b13-7-. The first kappa shape index (κ1) is 13.5. The van der Waals surface area contributed by atoms with Crippen LogP contribution in [0, 0.1) is 6.92 Å². The molecule has 1 aliphatic heterocycles. The van der Waals surface area contributed by atoms with Crippen molar-refractivity contribution in [3.05, 3.63) is 51.6 Å². The number of ether oxygens (including phenoxy) is 2. The minimum absolute atomic E-state index is 0.248. The SMILES string of the molecule is COc1cccc(C2=N/C(=C\c3csc(C)n3)C(=O)O2)c1. The summed E-state index contributed by atoms with van der Waals surface area (Å²) in [7, 11) is 1.58. The molecule has 3 rings (SSSR count). The van der Waals surface area contributed by atoms with Gasteiger partial charge in [-0.1, -0.05) is 6.07 Å². The Morgan fingerprint density at radius 1 is 1.38 bits per heavy atom. The number of nitrogens with zero attached hydrogens (tertiary/aromatic N) is 2. The van der Waals surface area contributed by atoms with Gasteiger partial charge in [0.2, 0.25) is 5.90 Å². The molecule has 0 saturated carbocycles. The summed E-state index contributed by atoms with van der Waals surface area (Å²) in [5.41, 5.74) is 1.65. The molecule has 2 aromatic rings. The normalized spacial score (nSPS) is 16.0. The van der Waals surface area contributed by atoms with Crippen molar-refractivity contribution in [1.82, 2.24) is 4.98 Å². The summed E-state index contributed by atoms with van der Waals surface area (Å²) in [5.74, 6) is 0.481. The zero-order valence-electron chi connectivity index (χ0n) is 11.5. The number of aliphatic imine (C=N–C) groups is 1. The second-order valence-electron chi connectivity index (χ2n) is 4.36. The van der Waals surface area contributed by atoms with Gasteiger partial charge in [0, 0.05) is 10.9 Å². The molecular formula is C15H12N2O3S. The van der Waals surface area contributed by atoms with E-state index in [9.17, 15) is 4.79 Å². The van der Waals surface area contributed by atoms with E-state index in [1.54, 1.807) is 19.3 Å². The lowest BCUT2D eigenvalue weighted by Crippen LogP contribution is -2.05. The quantitative estimate of drug-likeness (QED) is 0.646. The van der Waals surface area contributed by atoms with Crippen LogP contribution in [0.5, 0.6) is 5.75 Å². The molecule has 0 spiro atoms. The van der Waals surface area contributed by atoms with Crippen molar-refractivity contribution in [2.75, 3.05) is 7.11 Å². The molecule has 1 aromatic carbocycles. The Kier molecular flexibility index (Phi) is 3.53. The van der Waals surface area contributed by atoms with E-state index in [2.05, 4.69) is 9.98 Å². The summed E-state index contributed by atoms with van der Waals surface area (Å²) in [6.45, 7) is 1.91. The number of methoxy groups -OCH3 is 1. The third-order valence-electron chi connectivity index (χ3n) is 2.86. The number of thiazole rings is 1. The van der Waals surface area contributed by atoms with Crippen LogP contribution in [0.3, 0.4) is 0 Å². The molecule has 106 valence electrons. The smallest absolute Gasteiger partial charge is 0.363 e. The molecule has 1 aliphatic rings. The van der Waals surface area contributed by atoms with Crippen molar-refractivity contribution in [3.8, 4) is 5.75 Å². The van der Waals surface area contributed by atoms with E-state index in [-0.39, 0.29) is 11.6 Å². The molecule has 21 heavy (non-hydrogen) atoms. The first-order chi connectivity index (χ1) is 10.2. The minimum atomic E-state index is -0.474. The molecule has 0 bridgehead atoms. The van der Waals surface area contributed by atoms with Crippen molar-refractivity contribution in [2.24, 2.45) is 4.99 Å². The highest BCUT2D eigenvalue weighted by molar-refractivity contribution is 7.09. The third-order valence-corrected chi connectivity index (χ3v) is 3.65. The van der Waals surface area contributed by atoms with Crippen LogP contribution in [-0.2, 0) is 9.53 Å². The van der Waals surface area contributed by atoms with Crippen LogP contribution in [0.25, 0.3) is 6.08 Å². The fourth-order valence-electron chi connectivity index (χ4n) is 1.88. The molecule has 2 heterocycles. The third kappa shape index (κ3) is 2.85. The first-order valence-electron chi connectivity index (χ1n) is 6.25. The van der Waals surface area contributed by atoms with Crippen LogP contribution < -0.4 is 4.74 Å². The second-order valence-corrected chi connectivity index (χ2v) is 5.42. The van der Waals surface area contributed by atoms with Gasteiger partial charge in [0.15, 0.2) is 5.70 Å². The molecule has 1 aromatic heterocycles. The predicted octanol–water partition coefficient (Wildman–Crippen LogP) is 2.80. The Labute approximate surface area is 125 Å². The topological polar surface area (TPSA) is 60.8 Å². The van der Waals surface area contributed by atoms with Gasteiger partial charge < -0.3 is 9.47 Å². The maximum Gasteiger partial charge on any atom is 0.363 e. The highest BCUT2D eigenvalue weighted by atomic mass is 32.1. The van der Waals surface area contributed by atoms with Crippen LogP contribution in [0.2, 0.25) is 0 Å². The van der Waals surface area contributed by atoms with Gasteiger partial charge in [0.05, 0.1) is 17.8 Å². The number of benzene rings is 1. The lowest BCUT2D eigenvalue weighted by atomic mass is 10.2. The highest BCUT2D eigenvalue weighted by Crippen LogP contribution is 2.22. The van der Waals surface area contributed by atoms with E-state index in [0.717, 1.165) is 5.01 Å². The van der Waals surface area contributed by atoms with E-state index in [4.69, 9.17) is 9.47 Å². The number of cyclic esters (lactones) is 1. The van der Waals surface area contributed by atoms with Gasteiger partial charge in [-0.05, 0) is 31.2 Å². The van der Waals surface area contributed by atoms with Crippen LogP contribution >= 0.6 is 11.3 Å². The number of carbonyl (C=O) groups is 1. The average Bonchev–Trinajstić information content (AvgIpc) is 3.06. The minimum Gasteiger partial charge on any atom is -0.497 e. The summed E-state index contributed by atoms with van der Waals surface area (Å²) in [5, 5.41) is 2.81. The maximum absolute atomic E-state index is 11.9. The molecule has 0 radical (unpaired) electrons. The average molecular weight is 300 g/mol.